The number of benzene rings is 1. The van der Waals surface area contributed by atoms with E-state index in [4.69, 9.17) is 5.73 Å². The summed E-state index contributed by atoms with van der Waals surface area (Å²) in [6.07, 6.45) is 0. The summed E-state index contributed by atoms with van der Waals surface area (Å²) in [4.78, 5) is 0.204. The Morgan fingerprint density at radius 3 is 2.20 bits per heavy atom. The Labute approximate surface area is 90.9 Å². The van der Waals surface area contributed by atoms with Crippen molar-refractivity contribution in [3.05, 3.63) is 29.8 Å². The fourth-order valence-electron chi connectivity index (χ4n) is 1.13. The maximum atomic E-state index is 12.0. The minimum absolute atomic E-state index is 0.102. The minimum atomic E-state index is -4.22. The average molecular weight is 235 g/mol. The summed E-state index contributed by atoms with van der Waals surface area (Å²) in [5, 5.41) is 0. The van der Waals surface area contributed by atoms with Gasteiger partial charge in [0.15, 0.2) is 0 Å². The molecule has 1 rings (SSSR count). The van der Waals surface area contributed by atoms with Crippen LogP contribution in [0.3, 0.4) is 0 Å². The van der Waals surface area contributed by atoms with Crippen molar-refractivity contribution >= 4 is 11.8 Å². The van der Waals surface area contributed by atoms with Crippen molar-refractivity contribution < 1.29 is 13.2 Å². The molecule has 5 heteroatoms. The van der Waals surface area contributed by atoms with E-state index < -0.39 is 5.51 Å². The van der Waals surface area contributed by atoms with Crippen LogP contribution in [0.4, 0.5) is 13.2 Å². The first-order valence-corrected chi connectivity index (χ1v) is 5.30. The molecule has 1 atom stereocenters. The SMILES string of the molecule is CC(CN)c1ccc(SC(F)(F)F)cc1. The van der Waals surface area contributed by atoms with Gasteiger partial charge in [-0.05, 0) is 41.9 Å². The molecule has 0 bridgehead atoms. The van der Waals surface area contributed by atoms with Gasteiger partial charge < -0.3 is 5.73 Å². The molecular formula is C10H12F3NS. The number of thioether (sulfide) groups is 1. The lowest BCUT2D eigenvalue weighted by atomic mass is 10.0. The van der Waals surface area contributed by atoms with Gasteiger partial charge in [0.2, 0.25) is 0 Å². The van der Waals surface area contributed by atoms with Gasteiger partial charge in [-0.15, -0.1) is 0 Å². The van der Waals surface area contributed by atoms with Crippen LogP contribution in [0.15, 0.2) is 29.2 Å². The summed E-state index contributed by atoms with van der Waals surface area (Å²) >= 11 is -0.102. The van der Waals surface area contributed by atoms with Gasteiger partial charge in [-0.3, -0.25) is 0 Å². The fraction of sp³-hybridized carbons (Fsp3) is 0.400. The second kappa shape index (κ2) is 4.90. The molecule has 0 saturated heterocycles. The van der Waals surface area contributed by atoms with Crippen LogP contribution in [0.25, 0.3) is 0 Å². The van der Waals surface area contributed by atoms with Gasteiger partial charge in [0, 0.05) is 4.90 Å². The van der Waals surface area contributed by atoms with E-state index in [-0.39, 0.29) is 22.6 Å². The number of hydrogen-bond donors (Lipinski definition) is 1. The average Bonchev–Trinajstić information content (AvgIpc) is 2.15. The molecule has 0 aliphatic carbocycles. The van der Waals surface area contributed by atoms with Crippen molar-refractivity contribution in [2.75, 3.05) is 6.54 Å². The summed E-state index contributed by atoms with van der Waals surface area (Å²) in [5.41, 5.74) is 2.20. The van der Waals surface area contributed by atoms with E-state index in [0.717, 1.165) is 5.56 Å². The predicted molar refractivity (Wildman–Crippen MR) is 55.8 cm³/mol. The molecule has 2 N–H and O–H groups in total. The van der Waals surface area contributed by atoms with Gasteiger partial charge in [0.1, 0.15) is 0 Å². The van der Waals surface area contributed by atoms with Crippen LogP contribution in [0.2, 0.25) is 0 Å². The van der Waals surface area contributed by atoms with Crippen LogP contribution in [-0.4, -0.2) is 12.1 Å². The second-order valence-corrected chi connectivity index (χ2v) is 4.39. The molecule has 0 aliphatic heterocycles. The van der Waals surface area contributed by atoms with Crippen molar-refractivity contribution in [1.29, 1.82) is 0 Å². The van der Waals surface area contributed by atoms with Gasteiger partial charge >= 0.3 is 5.51 Å². The Morgan fingerprint density at radius 2 is 1.80 bits per heavy atom. The van der Waals surface area contributed by atoms with E-state index >= 15 is 0 Å². The highest BCUT2D eigenvalue weighted by atomic mass is 32.2. The number of hydrogen-bond acceptors (Lipinski definition) is 2. The second-order valence-electron chi connectivity index (χ2n) is 3.25. The maximum Gasteiger partial charge on any atom is 0.446 e. The number of rotatable bonds is 3. The summed E-state index contributed by atoms with van der Waals surface area (Å²) < 4.78 is 36.0. The smallest absolute Gasteiger partial charge is 0.330 e. The number of nitrogens with two attached hydrogens (primary N) is 1. The maximum absolute atomic E-state index is 12.0. The summed E-state index contributed by atoms with van der Waals surface area (Å²) in [6, 6.07) is 6.32. The van der Waals surface area contributed by atoms with Crippen molar-refractivity contribution in [1.82, 2.24) is 0 Å². The lowest BCUT2D eigenvalue weighted by Gasteiger charge is -2.10. The van der Waals surface area contributed by atoms with Crippen LogP contribution in [0.1, 0.15) is 18.4 Å². The molecule has 0 spiro atoms. The van der Waals surface area contributed by atoms with Gasteiger partial charge in [-0.25, -0.2) is 0 Å². The van der Waals surface area contributed by atoms with Crippen LogP contribution in [0.5, 0.6) is 0 Å². The zero-order valence-corrected chi connectivity index (χ0v) is 9.03. The summed E-state index contributed by atoms with van der Waals surface area (Å²) in [5.74, 6) is 0.176. The van der Waals surface area contributed by atoms with E-state index in [1.165, 1.54) is 12.1 Å². The van der Waals surface area contributed by atoms with Crippen molar-refractivity contribution in [3.8, 4) is 0 Å². The molecule has 0 heterocycles. The van der Waals surface area contributed by atoms with Crippen molar-refractivity contribution in [2.24, 2.45) is 5.73 Å². The van der Waals surface area contributed by atoms with Crippen LogP contribution in [0, 0.1) is 0 Å². The number of halogens is 3. The van der Waals surface area contributed by atoms with E-state index in [0.29, 0.717) is 6.54 Å². The third-order valence-corrected chi connectivity index (χ3v) is 2.78. The molecule has 0 saturated carbocycles. The molecule has 0 radical (unpaired) electrons. The molecule has 1 nitrogen and oxygen atoms in total. The molecule has 1 unspecified atom stereocenters. The van der Waals surface area contributed by atoms with Crippen molar-refractivity contribution in [2.45, 2.75) is 23.2 Å². The zero-order chi connectivity index (χ0) is 11.5. The summed E-state index contributed by atoms with van der Waals surface area (Å²) in [7, 11) is 0. The topological polar surface area (TPSA) is 26.0 Å². The first kappa shape index (κ1) is 12.4. The van der Waals surface area contributed by atoms with Gasteiger partial charge in [-0.1, -0.05) is 19.1 Å². The molecule has 0 aliphatic rings. The lowest BCUT2D eigenvalue weighted by Crippen LogP contribution is -2.08. The summed E-state index contributed by atoms with van der Waals surface area (Å²) in [6.45, 7) is 2.43. The van der Waals surface area contributed by atoms with Crippen LogP contribution >= 0.6 is 11.8 Å². The molecule has 0 fully saturated rings. The fourth-order valence-corrected chi connectivity index (χ4v) is 1.67. The normalized spacial score (nSPS) is 13.9. The molecule has 1 aromatic rings. The highest BCUT2D eigenvalue weighted by molar-refractivity contribution is 8.00. The first-order chi connectivity index (χ1) is 6.92. The van der Waals surface area contributed by atoms with Crippen LogP contribution < -0.4 is 5.73 Å². The van der Waals surface area contributed by atoms with Gasteiger partial charge in [0.25, 0.3) is 0 Å². The molecule has 1 aromatic carbocycles. The van der Waals surface area contributed by atoms with Gasteiger partial charge in [-0.2, -0.15) is 13.2 Å². The van der Waals surface area contributed by atoms with Gasteiger partial charge in [0.05, 0.1) is 0 Å². The largest absolute Gasteiger partial charge is 0.446 e. The van der Waals surface area contributed by atoms with E-state index in [2.05, 4.69) is 0 Å². The highest BCUT2D eigenvalue weighted by Crippen LogP contribution is 2.36. The molecule has 0 amide bonds. The van der Waals surface area contributed by atoms with Crippen LogP contribution in [-0.2, 0) is 0 Å². The van der Waals surface area contributed by atoms with E-state index in [9.17, 15) is 13.2 Å². The predicted octanol–water partition coefficient (Wildman–Crippen LogP) is 3.36. The highest BCUT2D eigenvalue weighted by Gasteiger charge is 2.28. The quantitative estimate of drug-likeness (QED) is 0.813. The standard InChI is InChI=1S/C10H12F3NS/c1-7(6-14)8-2-4-9(5-3-8)15-10(11,12)13/h2-5,7H,6,14H2,1H3. The van der Waals surface area contributed by atoms with E-state index in [1.807, 2.05) is 6.92 Å². The third-order valence-electron chi connectivity index (χ3n) is 2.04. The molecular weight excluding hydrogens is 223 g/mol. The minimum Gasteiger partial charge on any atom is -0.330 e. The molecule has 15 heavy (non-hydrogen) atoms. The lowest BCUT2D eigenvalue weighted by molar-refractivity contribution is -0.0328. The first-order valence-electron chi connectivity index (χ1n) is 4.48. The Hall–Kier alpha value is -0.680. The zero-order valence-electron chi connectivity index (χ0n) is 8.21. The Morgan fingerprint density at radius 1 is 1.27 bits per heavy atom. The van der Waals surface area contributed by atoms with E-state index in [1.54, 1.807) is 12.1 Å². The third kappa shape index (κ3) is 4.13. The Kier molecular flexibility index (Phi) is 4.04. The van der Waals surface area contributed by atoms with Crippen molar-refractivity contribution in [3.63, 3.8) is 0 Å². The number of alkyl halides is 3. The Bertz CT molecular complexity index is 307. The molecule has 0 aromatic heterocycles. The monoisotopic (exact) mass is 235 g/mol. The Balaban J connectivity index is 2.72. The molecule has 84 valence electrons.